The number of amides is 1. The van der Waals surface area contributed by atoms with Gasteiger partial charge in [-0.2, -0.15) is 0 Å². The summed E-state index contributed by atoms with van der Waals surface area (Å²) in [6.07, 6.45) is -0.473. The molecule has 0 spiro atoms. The minimum atomic E-state index is -1.99. The molecule has 1 amide bonds. The summed E-state index contributed by atoms with van der Waals surface area (Å²) in [6.45, 7) is 16.5. The fourth-order valence-corrected chi connectivity index (χ4v) is 3.01. The van der Waals surface area contributed by atoms with Crippen molar-refractivity contribution in [2.75, 3.05) is 5.32 Å². The number of halogens is 1. The predicted molar refractivity (Wildman–Crippen MR) is 107 cm³/mol. The highest BCUT2D eigenvalue weighted by atomic mass is 127. The van der Waals surface area contributed by atoms with Crippen LogP contribution >= 0.6 is 22.6 Å². The highest BCUT2D eigenvalue weighted by Gasteiger charge is 2.39. The minimum Gasteiger partial charge on any atom is -0.542 e. The molecule has 4 nitrogen and oxygen atoms in total. The normalized spacial score (nSPS) is 12.7. The minimum absolute atomic E-state index is 0.0808. The number of ether oxygens (including phenoxy) is 1. The maximum Gasteiger partial charge on any atom is 0.412 e. The van der Waals surface area contributed by atoms with Gasteiger partial charge in [-0.05, 0) is 79.7 Å². The summed E-state index contributed by atoms with van der Waals surface area (Å²) in [5.41, 5.74) is 0.109. The zero-order valence-corrected chi connectivity index (χ0v) is 18.5. The molecule has 0 bridgehead atoms. The third-order valence-electron chi connectivity index (χ3n) is 3.75. The van der Waals surface area contributed by atoms with E-state index in [0.29, 0.717) is 11.4 Å². The Morgan fingerprint density at radius 1 is 1.13 bits per heavy atom. The molecule has 1 rings (SSSR count). The molecule has 130 valence electrons. The van der Waals surface area contributed by atoms with Gasteiger partial charge in [-0.25, -0.2) is 4.79 Å². The summed E-state index contributed by atoms with van der Waals surface area (Å²) in [4.78, 5) is 12.0. The lowest BCUT2D eigenvalue weighted by Gasteiger charge is -2.37. The number of carbonyl (C=O) groups is 1. The van der Waals surface area contributed by atoms with Crippen LogP contribution in [0.4, 0.5) is 10.5 Å². The molecule has 0 atom stereocenters. The van der Waals surface area contributed by atoms with Gasteiger partial charge in [0.1, 0.15) is 11.4 Å². The zero-order chi connectivity index (χ0) is 18.1. The topological polar surface area (TPSA) is 47.6 Å². The van der Waals surface area contributed by atoms with E-state index in [1.54, 1.807) is 0 Å². The Bertz CT molecular complexity index is 574. The molecule has 1 aromatic carbocycles. The van der Waals surface area contributed by atoms with Gasteiger partial charge in [0, 0.05) is 3.57 Å². The second kappa shape index (κ2) is 7.00. The lowest BCUT2D eigenvalue weighted by Crippen LogP contribution is -2.44. The van der Waals surface area contributed by atoms with Gasteiger partial charge < -0.3 is 9.16 Å². The fraction of sp³-hybridized carbons (Fsp3) is 0.588. The first-order valence-corrected chi connectivity index (χ1v) is 11.7. The molecular formula is C17H28INO3Si. The summed E-state index contributed by atoms with van der Waals surface area (Å²) in [6, 6.07) is 5.74. The standard InChI is InChI=1S/C17H28INO3Si/c1-16(2,3)21-15(20)19-13-10-9-12(18)11-14(13)22-23(7,8)17(4,5)6/h9-11H,1-8H3,(H,19,20). The molecule has 0 aromatic heterocycles. The Kier molecular flexibility index (Phi) is 6.18. The highest BCUT2D eigenvalue weighted by Crippen LogP contribution is 2.39. The van der Waals surface area contributed by atoms with E-state index in [9.17, 15) is 4.79 Å². The molecule has 0 heterocycles. The number of hydrogen-bond acceptors (Lipinski definition) is 3. The van der Waals surface area contributed by atoms with Crippen LogP contribution in [0.3, 0.4) is 0 Å². The Labute approximate surface area is 154 Å². The Morgan fingerprint density at radius 3 is 2.17 bits per heavy atom. The van der Waals surface area contributed by atoms with E-state index in [-0.39, 0.29) is 5.04 Å². The van der Waals surface area contributed by atoms with Crippen molar-refractivity contribution in [1.82, 2.24) is 0 Å². The Morgan fingerprint density at radius 2 is 1.70 bits per heavy atom. The average molecular weight is 449 g/mol. The van der Waals surface area contributed by atoms with Gasteiger partial charge in [-0.1, -0.05) is 20.8 Å². The van der Waals surface area contributed by atoms with Gasteiger partial charge in [0.2, 0.25) is 0 Å². The van der Waals surface area contributed by atoms with Gasteiger partial charge >= 0.3 is 6.09 Å². The zero-order valence-electron chi connectivity index (χ0n) is 15.3. The van der Waals surface area contributed by atoms with Crippen LogP contribution in [0.15, 0.2) is 18.2 Å². The highest BCUT2D eigenvalue weighted by molar-refractivity contribution is 14.1. The third kappa shape index (κ3) is 6.33. The molecule has 0 saturated carbocycles. The predicted octanol–water partition coefficient (Wildman–Crippen LogP) is 6.02. The van der Waals surface area contributed by atoms with Crippen LogP contribution in [-0.4, -0.2) is 20.0 Å². The summed E-state index contributed by atoms with van der Waals surface area (Å²) in [7, 11) is -1.99. The SMILES string of the molecule is CC(C)(C)OC(=O)Nc1ccc(I)cc1O[Si](C)(C)C(C)(C)C. The van der Waals surface area contributed by atoms with E-state index in [4.69, 9.17) is 9.16 Å². The van der Waals surface area contributed by atoms with Crippen molar-refractivity contribution in [1.29, 1.82) is 0 Å². The molecule has 0 fully saturated rings. The number of carbonyl (C=O) groups excluding carboxylic acids is 1. The summed E-state index contributed by atoms with van der Waals surface area (Å²) < 4.78 is 12.8. The number of anilines is 1. The van der Waals surface area contributed by atoms with Crippen molar-refractivity contribution >= 4 is 42.7 Å². The van der Waals surface area contributed by atoms with Crippen LogP contribution in [0.5, 0.6) is 5.75 Å². The lowest BCUT2D eigenvalue weighted by atomic mass is 10.2. The molecule has 23 heavy (non-hydrogen) atoms. The number of rotatable bonds is 3. The summed E-state index contributed by atoms with van der Waals surface area (Å²) >= 11 is 2.24. The maximum atomic E-state index is 12.0. The van der Waals surface area contributed by atoms with Gasteiger partial charge in [-0.15, -0.1) is 0 Å². The molecule has 0 aliphatic heterocycles. The first-order chi connectivity index (χ1) is 10.2. The van der Waals surface area contributed by atoms with Crippen molar-refractivity contribution in [3.05, 3.63) is 21.8 Å². The van der Waals surface area contributed by atoms with Gasteiger partial charge in [0.15, 0.2) is 0 Å². The molecule has 0 unspecified atom stereocenters. The van der Waals surface area contributed by atoms with Crippen LogP contribution < -0.4 is 9.74 Å². The van der Waals surface area contributed by atoms with Crippen LogP contribution in [0.25, 0.3) is 0 Å². The van der Waals surface area contributed by atoms with E-state index >= 15 is 0 Å². The number of benzene rings is 1. The Balaban J connectivity index is 3.05. The molecule has 1 aromatic rings. The van der Waals surface area contributed by atoms with E-state index in [2.05, 4.69) is 61.8 Å². The van der Waals surface area contributed by atoms with Crippen molar-refractivity contribution < 1.29 is 14.0 Å². The largest absolute Gasteiger partial charge is 0.542 e. The van der Waals surface area contributed by atoms with Crippen LogP contribution in [-0.2, 0) is 4.74 Å². The second-order valence-corrected chi connectivity index (χ2v) is 14.1. The number of nitrogens with one attached hydrogen (secondary N) is 1. The van der Waals surface area contributed by atoms with Crippen LogP contribution in [0.2, 0.25) is 18.1 Å². The van der Waals surface area contributed by atoms with Gasteiger partial charge in [-0.3, -0.25) is 5.32 Å². The second-order valence-electron chi connectivity index (χ2n) is 8.13. The molecule has 6 heteroatoms. The summed E-state index contributed by atoms with van der Waals surface area (Å²) in [5, 5.41) is 2.88. The quantitative estimate of drug-likeness (QED) is 0.453. The summed E-state index contributed by atoms with van der Waals surface area (Å²) in [5.74, 6) is 0.703. The van der Waals surface area contributed by atoms with E-state index in [0.717, 1.165) is 3.57 Å². The third-order valence-corrected chi connectivity index (χ3v) is 8.76. The average Bonchev–Trinajstić information content (AvgIpc) is 2.28. The lowest BCUT2D eigenvalue weighted by molar-refractivity contribution is 0.0635. The molecule has 1 N–H and O–H groups in total. The van der Waals surface area contributed by atoms with Crippen LogP contribution in [0.1, 0.15) is 41.5 Å². The Hall–Kier alpha value is -0.763. The monoisotopic (exact) mass is 449 g/mol. The van der Waals surface area contributed by atoms with E-state index in [1.807, 2.05) is 39.0 Å². The van der Waals surface area contributed by atoms with Crippen molar-refractivity contribution in [2.45, 2.75) is 65.3 Å². The van der Waals surface area contributed by atoms with Crippen LogP contribution in [0, 0.1) is 3.57 Å². The van der Waals surface area contributed by atoms with E-state index < -0.39 is 20.0 Å². The fourth-order valence-electron chi connectivity index (χ4n) is 1.53. The van der Waals surface area contributed by atoms with E-state index in [1.165, 1.54) is 0 Å². The molecule has 0 aliphatic carbocycles. The first-order valence-electron chi connectivity index (χ1n) is 7.70. The molecule has 0 radical (unpaired) electrons. The van der Waals surface area contributed by atoms with Crippen molar-refractivity contribution in [3.63, 3.8) is 0 Å². The van der Waals surface area contributed by atoms with Crippen molar-refractivity contribution in [2.24, 2.45) is 0 Å². The van der Waals surface area contributed by atoms with Gasteiger partial charge in [0.05, 0.1) is 5.69 Å². The van der Waals surface area contributed by atoms with Gasteiger partial charge in [0.25, 0.3) is 8.32 Å². The molecule has 0 aliphatic rings. The first kappa shape index (κ1) is 20.3. The molecule has 0 saturated heterocycles. The smallest absolute Gasteiger partial charge is 0.412 e. The molecular weight excluding hydrogens is 421 g/mol. The van der Waals surface area contributed by atoms with Crippen molar-refractivity contribution in [3.8, 4) is 5.75 Å². The maximum absolute atomic E-state index is 12.0. The number of hydrogen-bond donors (Lipinski definition) is 1.